The van der Waals surface area contributed by atoms with E-state index in [4.69, 9.17) is 0 Å². The first-order valence-electron chi connectivity index (χ1n) is 7.84. The third-order valence-electron chi connectivity index (χ3n) is 5.15. The summed E-state index contributed by atoms with van der Waals surface area (Å²) < 4.78 is 0. The molecule has 3 aliphatic rings. The lowest BCUT2D eigenvalue weighted by atomic mass is 9.76. The third-order valence-corrected chi connectivity index (χ3v) is 5.15. The fourth-order valence-corrected chi connectivity index (χ4v) is 3.96. The van der Waals surface area contributed by atoms with E-state index in [1.165, 1.54) is 4.90 Å². The minimum atomic E-state index is -0.965. The van der Waals surface area contributed by atoms with E-state index in [1.54, 1.807) is 0 Å². The minimum Gasteiger partial charge on any atom is -0.277 e. The van der Waals surface area contributed by atoms with Crippen LogP contribution < -0.4 is 5.32 Å². The highest BCUT2D eigenvalue weighted by Gasteiger charge is 2.54. The van der Waals surface area contributed by atoms with Gasteiger partial charge in [0.25, 0.3) is 0 Å². The van der Waals surface area contributed by atoms with Crippen molar-refractivity contribution in [3.8, 4) is 0 Å². The molecular weight excluding hydrogens is 256 g/mol. The lowest BCUT2D eigenvalue weighted by molar-refractivity contribution is -0.154. The summed E-state index contributed by atoms with van der Waals surface area (Å²) in [7, 11) is 0. The van der Waals surface area contributed by atoms with Gasteiger partial charge in [-0.2, -0.15) is 0 Å². The highest BCUT2D eigenvalue weighted by molar-refractivity contribution is 6.19. The largest absolute Gasteiger partial charge is 0.331 e. The predicted octanol–water partition coefficient (Wildman–Crippen LogP) is 2.35. The molecule has 0 atom stereocenters. The molecule has 3 rings (SSSR count). The molecule has 110 valence electrons. The number of nitrogens with one attached hydrogen (secondary N) is 1. The van der Waals surface area contributed by atoms with Gasteiger partial charge in [-0.15, -0.1) is 0 Å². The van der Waals surface area contributed by atoms with Crippen molar-refractivity contribution in [2.45, 2.75) is 70.3 Å². The fourth-order valence-electron chi connectivity index (χ4n) is 3.96. The van der Waals surface area contributed by atoms with Crippen molar-refractivity contribution in [1.29, 1.82) is 0 Å². The maximum Gasteiger partial charge on any atom is 0.331 e. The zero-order chi connectivity index (χ0) is 14.2. The van der Waals surface area contributed by atoms with Gasteiger partial charge in [0.15, 0.2) is 0 Å². The molecule has 20 heavy (non-hydrogen) atoms. The molecule has 0 radical (unpaired) electrons. The molecule has 0 bridgehead atoms. The summed E-state index contributed by atoms with van der Waals surface area (Å²) >= 11 is 0. The molecule has 5 nitrogen and oxygen atoms in total. The molecule has 0 aromatic carbocycles. The van der Waals surface area contributed by atoms with Gasteiger partial charge >= 0.3 is 6.03 Å². The lowest BCUT2D eigenvalue weighted by Crippen LogP contribution is -2.65. The first kappa shape index (κ1) is 13.6. The van der Waals surface area contributed by atoms with E-state index in [0.717, 1.165) is 51.4 Å². The number of hydrogen-bond donors (Lipinski definition) is 1. The molecule has 1 spiro atoms. The van der Waals surface area contributed by atoms with Gasteiger partial charge in [-0.05, 0) is 25.7 Å². The molecule has 5 heteroatoms. The number of rotatable bonds is 1. The van der Waals surface area contributed by atoms with E-state index in [9.17, 15) is 14.4 Å². The van der Waals surface area contributed by atoms with Gasteiger partial charge in [0.05, 0.1) is 0 Å². The summed E-state index contributed by atoms with van der Waals surface area (Å²) in [6, 6.07) is -0.502. The smallest absolute Gasteiger partial charge is 0.277 e. The van der Waals surface area contributed by atoms with E-state index >= 15 is 0 Å². The van der Waals surface area contributed by atoms with Crippen molar-refractivity contribution >= 4 is 17.8 Å². The second-order valence-corrected chi connectivity index (χ2v) is 6.37. The van der Waals surface area contributed by atoms with Gasteiger partial charge in [-0.25, -0.2) is 4.79 Å². The highest BCUT2D eigenvalue weighted by Crippen LogP contribution is 2.41. The molecule has 0 aromatic rings. The number of imide groups is 2. The topological polar surface area (TPSA) is 66.5 Å². The Kier molecular flexibility index (Phi) is 3.52. The molecule has 3 fully saturated rings. The Morgan fingerprint density at radius 1 is 0.900 bits per heavy atom. The zero-order valence-electron chi connectivity index (χ0n) is 11.8. The molecular formula is C15H22N2O3. The van der Waals surface area contributed by atoms with Gasteiger partial charge in [0.2, 0.25) is 11.8 Å². The van der Waals surface area contributed by atoms with Crippen LogP contribution in [0.4, 0.5) is 4.79 Å². The van der Waals surface area contributed by atoms with Crippen LogP contribution in [0.2, 0.25) is 0 Å². The van der Waals surface area contributed by atoms with Gasteiger partial charge in [-0.3, -0.25) is 19.8 Å². The van der Waals surface area contributed by atoms with Crippen molar-refractivity contribution in [1.82, 2.24) is 10.2 Å². The SMILES string of the molecule is O=C1NC(=O)C2(CCCCCC2)C(=O)N1C1CCCC1. The van der Waals surface area contributed by atoms with E-state index < -0.39 is 11.4 Å². The number of barbiturate groups is 1. The first-order valence-corrected chi connectivity index (χ1v) is 7.84. The van der Waals surface area contributed by atoms with Crippen molar-refractivity contribution < 1.29 is 14.4 Å². The molecule has 1 saturated heterocycles. The molecule has 2 saturated carbocycles. The monoisotopic (exact) mass is 278 g/mol. The quantitative estimate of drug-likeness (QED) is 0.749. The summed E-state index contributed by atoms with van der Waals surface area (Å²) in [6.07, 6.45) is 8.98. The Morgan fingerprint density at radius 3 is 2.10 bits per heavy atom. The summed E-state index contributed by atoms with van der Waals surface area (Å²) in [6.45, 7) is 0. The van der Waals surface area contributed by atoms with Crippen LogP contribution in [-0.2, 0) is 9.59 Å². The maximum atomic E-state index is 12.9. The van der Waals surface area contributed by atoms with Crippen molar-refractivity contribution in [3.63, 3.8) is 0 Å². The second kappa shape index (κ2) is 5.19. The number of carbonyl (C=O) groups is 3. The summed E-state index contributed by atoms with van der Waals surface area (Å²) in [4.78, 5) is 38.7. The van der Waals surface area contributed by atoms with E-state index in [0.29, 0.717) is 12.8 Å². The van der Waals surface area contributed by atoms with Crippen LogP contribution >= 0.6 is 0 Å². The second-order valence-electron chi connectivity index (χ2n) is 6.37. The third kappa shape index (κ3) is 2.03. The van der Waals surface area contributed by atoms with E-state index in [2.05, 4.69) is 5.32 Å². The minimum absolute atomic E-state index is 0.00396. The van der Waals surface area contributed by atoms with Crippen LogP contribution in [0.3, 0.4) is 0 Å². The molecule has 1 heterocycles. The first-order chi connectivity index (χ1) is 9.65. The average Bonchev–Trinajstić information content (AvgIpc) is 2.81. The predicted molar refractivity (Wildman–Crippen MR) is 72.8 cm³/mol. The average molecular weight is 278 g/mol. The van der Waals surface area contributed by atoms with Crippen molar-refractivity contribution in [2.24, 2.45) is 5.41 Å². The molecule has 0 unspecified atom stereocenters. The van der Waals surface area contributed by atoms with Crippen LogP contribution in [0.25, 0.3) is 0 Å². The summed E-state index contributed by atoms with van der Waals surface area (Å²) in [5.74, 6) is -0.580. The molecule has 4 amide bonds. The number of nitrogens with zero attached hydrogens (tertiary/aromatic N) is 1. The Hall–Kier alpha value is -1.39. The summed E-state index contributed by atoms with van der Waals surface area (Å²) in [5, 5.41) is 2.45. The molecule has 1 aliphatic heterocycles. The van der Waals surface area contributed by atoms with Gasteiger partial charge in [0, 0.05) is 6.04 Å². The van der Waals surface area contributed by atoms with Crippen LogP contribution in [0.5, 0.6) is 0 Å². The van der Waals surface area contributed by atoms with Gasteiger partial charge in [-0.1, -0.05) is 38.5 Å². The molecule has 0 aromatic heterocycles. The van der Waals surface area contributed by atoms with Crippen molar-refractivity contribution in [3.05, 3.63) is 0 Å². The summed E-state index contributed by atoms with van der Waals surface area (Å²) in [5.41, 5.74) is -0.965. The zero-order valence-corrected chi connectivity index (χ0v) is 11.8. The Balaban J connectivity index is 1.91. The molecule has 1 N–H and O–H groups in total. The number of hydrogen-bond acceptors (Lipinski definition) is 3. The van der Waals surface area contributed by atoms with Gasteiger partial charge < -0.3 is 0 Å². The Bertz CT molecular complexity index is 432. The maximum absolute atomic E-state index is 12.9. The Labute approximate surface area is 119 Å². The Morgan fingerprint density at radius 2 is 1.50 bits per heavy atom. The van der Waals surface area contributed by atoms with Crippen LogP contribution in [-0.4, -0.2) is 28.8 Å². The lowest BCUT2D eigenvalue weighted by Gasteiger charge is -2.41. The number of amides is 4. The fraction of sp³-hybridized carbons (Fsp3) is 0.800. The number of urea groups is 1. The molecule has 2 aliphatic carbocycles. The van der Waals surface area contributed by atoms with Crippen LogP contribution in [0.1, 0.15) is 64.2 Å². The number of carbonyl (C=O) groups excluding carboxylic acids is 3. The van der Waals surface area contributed by atoms with Crippen molar-refractivity contribution in [2.75, 3.05) is 0 Å². The standard InChI is InChI=1S/C15H22N2O3/c18-12-15(9-5-1-2-6-10-15)13(19)17(14(20)16-12)11-7-3-4-8-11/h11H,1-10H2,(H,16,18,20). The van der Waals surface area contributed by atoms with Gasteiger partial charge in [0.1, 0.15) is 5.41 Å². The van der Waals surface area contributed by atoms with Crippen LogP contribution in [0.15, 0.2) is 0 Å². The van der Waals surface area contributed by atoms with Crippen LogP contribution in [0, 0.1) is 5.41 Å². The van der Waals surface area contributed by atoms with E-state index in [-0.39, 0.29) is 17.9 Å². The normalized spacial score (nSPS) is 27.8. The highest BCUT2D eigenvalue weighted by atomic mass is 16.2. The van der Waals surface area contributed by atoms with E-state index in [1.807, 2.05) is 0 Å².